The first-order chi connectivity index (χ1) is 24.8. The summed E-state index contributed by atoms with van der Waals surface area (Å²) in [6, 6.07) is 0. The number of allylic oxidation sites excluding steroid dienone is 2. The zero-order chi connectivity index (χ0) is 36.4. The molecular weight excluding hydrogens is 664 g/mol. The Morgan fingerprint density at radius 3 is 2.24 bits per heavy atom. The molecule has 3 aliphatic rings. The van der Waals surface area contributed by atoms with Crippen molar-refractivity contribution < 1.29 is 47.7 Å². The highest BCUT2D eigenvalue weighted by Crippen LogP contribution is 2.52. The Morgan fingerprint density at radius 1 is 0.843 bits per heavy atom. The van der Waals surface area contributed by atoms with Gasteiger partial charge in [0.1, 0.15) is 12.3 Å². The average Bonchev–Trinajstić information content (AvgIpc) is 3.92. The minimum Gasteiger partial charge on any atom is -0.467 e. The molecule has 2 aliphatic carbocycles. The molecule has 16 heteroatoms. The Labute approximate surface area is 299 Å². The lowest BCUT2D eigenvalue weighted by atomic mass is 9.85. The maximum atomic E-state index is 13.3. The standard InChI is InChI=1S/C35H54N6O10/c1-47-16-7-12-36-29(42)10-11-30(43)39(13-5-3-4-6-14-41-34(45)32-26-8-9-27(22-26)33(32)35(41)46)23-28-24-40(38-37-28)15-17-49-18-19-50-20-21-51-25-31(44)48-2/h8-9,24,26-27,32-33H,3-7,10-23,25H2,1-2H3,(H,36,42)/t26-,27+,32+,33-. The number of esters is 1. The van der Waals surface area contributed by atoms with E-state index in [0.717, 1.165) is 32.1 Å². The molecule has 2 bridgehead atoms. The number of carbonyl (C=O) groups excluding carboxylic acids is 5. The summed E-state index contributed by atoms with van der Waals surface area (Å²) in [4.78, 5) is 65.7. The molecule has 4 atom stereocenters. The van der Waals surface area contributed by atoms with Crippen LogP contribution in [0.1, 0.15) is 57.1 Å². The van der Waals surface area contributed by atoms with Gasteiger partial charge in [0, 0.05) is 46.2 Å². The van der Waals surface area contributed by atoms with Crippen LogP contribution in [0.5, 0.6) is 0 Å². The predicted molar refractivity (Wildman–Crippen MR) is 182 cm³/mol. The van der Waals surface area contributed by atoms with Gasteiger partial charge in [-0.15, -0.1) is 5.10 Å². The molecule has 4 rings (SSSR count). The third kappa shape index (κ3) is 12.5. The number of methoxy groups -OCH3 is 2. The van der Waals surface area contributed by atoms with Crippen molar-refractivity contribution >= 4 is 29.6 Å². The maximum absolute atomic E-state index is 13.3. The van der Waals surface area contributed by atoms with Gasteiger partial charge >= 0.3 is 5.97 Å². The molecule has 0 unspecified atom stereocenters. The first-order valence-electron chi connectivity index (χ1n) is 18.1. The minimum absolute atomic E-state index is 0.00830. The summed E-state index contributed by atoms with van der Waals surface area (Å²) >= 11 is 0. The fourth-order valence-corrected chi connectivity index (χ4v) is 6.84. The molecular formula is C35H54N6O10. The van der Waals surface area contributed by atoms with Crippen LogP contribution in [0.15, 0.2) is 18.3 Å². The largest absolute Gasteiger partial charge is 0.467 e. The van der Waals surface area contributed by atoms with E-state index in [9.17, 15) is 24.0 Å². The van der Waals surface area contributed by atoms with Crippen molar-refractivity contribution in [2.24, 2.45) is 23.7 Å². The van der Waals surface area contributed by atoms with E-state index in [-0.39, 0.29) is 79.9 Å². The Balaban J connectivity index is 1.15. The van der Waals surface area contributed by atoms with Gasteiger partial charge in [-0.3, -0.25) is 24.1 Å². The van der Waals surface area contributed by atoms with E-state index in [0.29, 0.717) is 71.3 Å². The van der Waals surface area contributed by atoms with Gasteiger partial charge in [-0.1, -0.05) is 30.2 Å². The molecule has 0 spiro atoms. The first-order valence-corrected chi connectivity index (χ1v) is 18.1. The number of carbonyl (C=O) groups is 5. The molecule has 1 aliphatic heterocycles. The second-order valence-corrected chi connectivity index (χ2v) is 13.1. The van der Waals surface area contributed by atoms with E-state index in [1.807, 2.05) is 0 Å². The second-order valence-electron chi connectivity index (χ2n) is 13.1. The molecule has 1 N–H and O–H groups in total. The minimum atomic E-state index is -0.437. The number of unbranched alkanes of at least 4 members (excludes halogenated alkanes) is 3. The number of rotatable bonds is 27. The number of hydrogen-bond acceptors (Lipinski definition) is 12. The molecule has 1 saturated carbocycles. The van der Waals surface area contributed by atoms with Crippen LogP contribution < -0.4 is 5.32 Å². The summed E-state index contributed by atoms with van der Waals surface area (Å²) in [7, 11) is 2.91. The summed E-state index contributed by atoms with van der Waals surface area (Å²) in [5, 5.41) is 11.2. The Kier molecular flexibility index (Phi) is 17.0. The highest BCUT2D eigenvalue weighted by molar-refractivity contribution is 6.06. The van der Waals surface area contributed by atoms with Crippen LogP contribution in [0.2, 0.25) is 0 Å². The van der Waals surface area contributed by atoms with E-state index in [1.54, 1.807) is 22.9 Å². The Morgan fingerprint density at radius 2 is 1.53 bits per heavy atom. The predicted octanol–water partition coefficient (Wildman–Crippen LogP) is 1.13. The third-order valence-electron chi connectivity index (χ3n) is 9.48. The smallest absolute Gasteiger partial charge is 0.331 e. The SMILES string of the molecule is COCCCNC(=O)CCC(=O)N(CCCCCCN1C(=O)[C@@H]2[C@H](C1=O)[C@H]1C=C[C@@H]2C1)Cc1cn(CCOCCOCCOCC(=O)OC)nn1. The van der Waals surface area contributed by atoms with Gasteiger partial charge in [-0.05, 0) is 37.5 Å². The van der Waals surface area contributed by atoms with Crippen molar-refractivity contribution in [3.63, 3.8) is 0 Å². The highest BCUT2D eigenvalue weighted by atomic mass is 16.6. The van der Waals surface area contributed by atoms with Gasteiger partial charge in [0.2, 0.25) is 23.6 Å². The maximum Gasteiger partial charge on any atom is 0.331 e. The van der Waals surface area contributed by atoms with Gasteiger partial charge in [-0.2, -0.15) is 0 Å². The summed E-state index contributed by atoms with van der Waals surface area (Å²) in [6.07, 6.45) is 10.9. The van der Waals surface area contributed by atoms with Crippen LogP contribution >= 0.6 is 0 Å². The Bertz CT molecular complexity index is 1290. The lowest BCUT2D eigenvalue weighted by Gasteiger charge is -2.22. The van der Waals surface area contributed by atoms with Gasteiger partial charge < -0.3 is 33.9 Å². The number of fused-ring (bicyclic) bond motifs is 5. The normalized spacial score (nSPS) is 20.3. The molecule has 1 aromatic rings. The molecule has 2 fully saturated rings. The van der Waals surface area contributed by atoms with Gasteiger partial charge in [0.05, 0.1) is 71.3 Å². The number of aromatic nitrogens is 3. The van der Waals surface area contributed by atoms with Crippen molar-refractivity contribution in [3.8, 4) is 0 Å². The third-order valence-corrected chi connectivity index (χ3v) is 9.48. The molecule has 51 heavy (non-hydrogen) atoms. The van der Waals surface area contributed by atoms with Crippen LogP contribution in [-0.2, 0) is 60.7 Å². The summed E-state index contributed by atoms with van der Waals surface area (Å²) in [5.74, 6) is -0.673. The van der Waals surface area contributed by atoms with Crippen molar-refractivity contribution in [2.45, 2.75) is 64.5 Å². The fourth-order valence-electron chi connectivity index (χ4n) is 6.84. The zero-order valence-electron chi connectivity index (χ0n) is 30.0. The van der Waals surface area contributed by atoms with E-state index in [2.05, 4.69) is 32.5 Å². The van der Waals surface area contributed by atoms with E-state index in [1.165, 1.54) is 12.0 Å². The number of nitrogens with one attached hydrogen (secondary N) is 1. The first kappa shape index (κ1) is 40.0. The van der Waals surface area contributed by atoms with E-state index in [4.69, 9.17) is 18.9 Å². The van der Waals surface area contributed by atoms with Gasteiger partial charge in [0.15, 0.2) is 0 Å². The number of hydrogen-bond donors (Lipinski definition) is 1. The second kappa shape index (κ2) is 21.6. The monoisotopic (exact) mass is 718 g/mol. The highest BCUT2D eigenvalue weighted by Gasteiger charge is 2.58. The number of imide groups is 1. The Hall–Kier alpha value is -3.73. The number of nitrogens with zero attached hydrogens (tertiary/aromatic N) is 5. The number of ether oxygens (including phenoxy) is 5. The van der Waals surface area contributed by atoms with E-state index < -0.39 is 5.97 Å². The quantitative estimate of drug-likeness (QED) is 0.0594. The van der Waals surface area contributed by atoms with Crippen molar-refractivity contribution in [1.29, 1.82) is 0 Å². The lowest BCUT2D eigenvalue weighted by molar-refractivity contribution is -0.146. The topological polar surface area (TPSA) is 181 Å². The molecule has 0 aromatic carbocycles. The molecule has 16 nitrogen and oxygen atoms in total. The summed E-state index contributed by atoms with van der Waals surface area (Å²) in [6.45, 7) is 4.35. The van der Waals surface area contributed by atoms with Crippen LogP contribution in [0.25, 0.3) is 0 Å². The summed E-state index contributed by atoms with van der Waals surface area (Å²) < 4.78 is 27.3. The molecule has 4 amide bonds. The zero-order valence-corrected chi connectivity index (χ0v) is 30.0. The van der Waals surface area contributed by atoms with Crippen LogP contribution in [0.4, 0.5) is 0 Å². The average molecular weight is 719 g/mol. The van der Waals surface area contributed by atoms with Crippen molar-refractivity contribution in [3.05, 3.63) is 24.0 Å². The summed E-state index contributed by atoms with van der Waals surface area (Å²) in [5.41, 5.74) is 0.628. The van der Waals surface area contributed by atoms with Crippen LogP contribution in [0.3, 0.4) is 0 Å². The van der Waals surface area contributed by atoms with Crippen molar-refractivity contribution in [2.75, 3.05) is 80.1 Å². The lowest BCUT2D eigenvalue weighted by Crippen LogP contribution is -2.34. The molecule has 2 heterocycles. The van der Waals surface area contributed by atoms with Gasteiger partial charge in [0.25, 0.3) is 0 Å². The molecule has 0 radical (unpaired) electrons. The van der Waals surface area contributed by atoms with Crippen LogP contribution in [0, 0.1) is 23.7 Å². The van der Waals surface area contributed by atoms with Crippen molar-refractivity contribution in [1.82, 2.24) is 30.1 Å². The van der Waals surface area contributed by atoms with E-state index >= 15 is 0 Å². The molecule has 284 valence electrons. The van der Waals surface area contributed by atoms with Crippen LogP contribution in [-0.4, -0.2) is 134 Å². The van der Waals surface area contributed by atoms with Gasteiger partial charge in [-0.25, -0.2) is 9.48 Å². The fraction of sp³-hybridized carbons (Fsp3) is 0.743. The molecule has 1 aromatic heterocycles. The molecule has 1 saturated heterocycles. The number of amides is 4. The number of likely N-dealkylation sites (tertiary alicyclic amines) is 1.